The molecule has 0 unspecified atom stereocenters. The van der Waals surface area contributed by atoms with E-state index in [0.717, 1.165) is 38.4 Å². The first-order valence-electron chi connectivity index (χ1n) is 9.07. The number of likely N-dealkylation sites (N-methyl/N-ethyl adjacent to an activating group) is 1. The molecule has 0 saturated carbocycles. The Kier molecular flexibility index (Phi) is 4.63. The van der Waals surface area contributed by atoms with Crippen LogP contribution < -0.4 is 5.32 Å². The van der Waals surface area contributed by atoms with Crippen LogP contribution in [-0.2, 0) is 13.0 Å². The molecule has 0 spiro atoms. The molecule has 0 amide bonds. The number of likely N-dealkylation sites (tertiary alicyclic amines) is 1. The number of nitrogens with zero attached hydrogens (tertiary/aromatic N) is 5. The minimum Gasteiger partial charge on any atom is -0.369 e. The number of nitrogens with one attached hydrogen (secondary N) is 1. The van der Waals surface area contributed by atoms with Crippen molar-refractivity contribution in [1.82, 2.24) is 24.8 Å². The molecule has 2 aromatic heterocycles. The highest BCUT2D eigenvalue weighted by Gasteiger charge is 2.33. The summed E-state index contributed by atoms with van der Waals surface area (Å²) in [6.07, 6.45) is 7.74. The molecule has 1 saturated heterocycles. The van der Waals surface area contributed by atoms with Crippen LogP contribution in [0.25, 0.3) is 0 Å². The second-order valence-electron chi connectivity index (χ2n) is 7.28. The third kappa shape index (κ3) is 3.37. The molecule has 1 N–H and O–H groups in total. The first-order chi connectivity index (χ1) is 12.2. The fraction of sp³-hybridized carbons (Fsp3) is 0.526. The van der Waals surface area contributed by atoms with Gasteiger partial charge < -0.3 is 10.2 Å². The van der Waals surface area contributed by atoms with Crippen LogP contribution in [0.2, 0.25) is 0 Å². The van der Waals surface area contributed by atoms with Gasteiger partial charge >= 0.3 is 0 Å². The molecular formula is C19H26N6. The highest BCUT2D eigenvalue weighted by Crippen LogP contribution is 2.36. The number of rotatable bonds is 4. The zero-order chi connectivity index (χ0) is 17.2. The van der Waals surface area contributed by atoms with Crippen molar-refractivity contribution in [2.24, 2.45) is 5.92 Å². The molecule has 2 aliphatic rings. The maximum atomic E-state index is 4.53. The summed E-state index contributed by atoms with van der Waals surface area (Å²) in [6, 6.07) is 4.64. The lowest BCUT2D eigenvalue weighted by Gasteiger charge is -2.28. The molecule has 6 heteroatoms. The van der Waals surface area contributed by atoms with Crippen molar-refractivity contribution < 1.29 is 0 Å². The van der Waals surface area contributed by atoms with Gasteiger partial charge in [0.05, 0.1) is 5.69 Å². The monoisotopic (exact) mass is 338 g/mol. The summed E-state index contributed by atoms with van der Waals surface area (Å²) in [7, 11) is 4.36. The van der Waals surface area contributed by atoms with E-state index in [1.807, 2.05) is 18.5 Å². The third-order valence-electron chi connectivity index (χ3n) is 5.52. The summed E-state index contributed by atoms with van der Waals surface area (Å²) in [5.41, 5.74) is 3.77. The molecule has 2 aliphatic heterocycles. The second-order valence-corrected chi connectivity index (χ2v) is 7.28. The van der Waals surface area contributed by atoms with E-state index in [1.54, 1.807) is 6.33 Å². The van der Waals surface area contributed by atoms with Crippen LogP contribution >= 0.6 is 0 Å². The van der Waals surface area contributed by atoms with E-state index in [9.17, 15) is 0 Å². The van der Waals surface area contributed by atoms with Crippen LogP contribution in [-0.4, -0.2) is 58.5 Å². The van der Waals surface area contributed by atoms with Crippen LogP contribution in [0.4, 0.5) is 5.82 Å². The van der Waals surface area contributed by atoms with Crippen molar-refractivity contribution in [3.63, 3.8) is 0 Å². The molecule has 4 rings (SSSR count). The Labute approximate surface area is 149 Å². The average Bonchev–Trinajstić information content (AvgIpc) is 3.01. The van der Waals surface area contributed by atoms with Crippen LogP contribution in [0.15, 0.2) is 30.9 Å². The Morgan fingerprint density at radius 2 is 2.16 bits per heavy atom. The highest BCUT2D eigenvalue weighted by atomic mass is 15.2. The van der Waals surface area contributed by atoms with Crippen molar-refractivity contribution in [3.05, 3.63) is 47.7 Å². The van der Waals surface area contributed by atoms with Crippen LogP contribution in [0.5, 0.6) is 0 Å². The van der Waals surface area contributed by atoms with Gasteiger partial charge in [0, 0.05) is 50.1 Å². The van der Waals surface area contributed by atoms with E-state index in [4.69, 9.17) is 0 Å². The van der Waals surface area contributed by atoms with Gasteiger partial charge in [-0.3, -0.25) is 9.88 Å². The van der Waals surface area contributed by atoms with Crippen molar-refractivity contribution in [2.75, 3.05) is 39.0 Å². The second kappa shape index (κ2) is 7.06. The van der Waals surface area contributed by atoms with E-state index in [2.05, 4.69) is 50.2 Å². The van der Waals surface area contributed by atoms with Gasteiger partial charge in [-0.05, 0) is 44.6 Å². The summed E-state index contributed by atoms with van der Waals surface area (Å²) in [6.45, 7) is 4.04. The molecule has 1 fully saturated rings. The summed E-state index contributed by atoms with van der Waals surface area (Å²) >= 11 is 0. The Bertz CT molecular complexity index is 719. The lowest BCUT2D eigenvalue weighted by molar-refractivity contribution is 0.281. The topological polar surface area (TPSA) is 57.2 Å². The standard InChI is InChI=1S/C19H26N6/c1-24-8-6-17-16(12-24)19(23-13-22-17)21-11-15-5-9-25(2)18(15)14-4-3-7-20-10-14/h3-4,7,10,13,15,18H,5-6,8-9,11-12H2,1-2H3,(H,21,22,23)/t15-,18-/m0/s1. The van der Waals surface area contributed by atoms with Gasteiger partial charge in [-0.25, -0.2) is 9.97 Å². The number of pyridine rings is 1. The molecule has 0 aromatic carbocycles. The zero-order valence-corrected chi connectivity index (χ0v) is 15.0. The third-order valence-corrected chi connectivity index (χ3v) is 5.52. The predicted molar refractivity (Wildman–Crippen MR) is 98.3 cm³/mol. The molecule has 0 aliphatic carbocycles. The quantitative estimate of drug-likeness (QED) is 0.920. The Morgan fingerprint density at radius 3 is 3.00 bits per heavy atom. The van der Waals surface area contributed by atoms with Gasteiger partial charge in [0.1, 0.15) is 12.1 Å². The van der Waals surface area contributed by atoms with Crippen molar-refractivity contribution in [1.29, 1.82) is 0 Å². The van der Waals surface area contributed by atoms with Gasteiger partial charge in [-0.2, -0.15) is 0 Å². The molecule has 2 aromatic rings. The van der Waals surface area contributed by atoms with E-state index < -0.39 is 0 Å². The van der Waals surface area contributed by atoms with E-state index >= 15 is 0 Å². The summed E-state index contributed by atoms with van der Waals surface area (Å²) in [5.74, 6) is 1.57. The molecule has 132 valence electrons. The molecule has 25 heavy (non-hydrogen) atoms. The fourth-order valence-electron chi connectivity index (χ4n) is 4.17. The van der Waals surface area contributed by atoms with E-state index in [-0.39, 0.29) is 0 Å². The normalized spacial score (nSPS) is 24.2. The molecule has 2 atom stereocenters. The molecule has 6 nitrogen and oxygen atoms in total. The fourth-order valence-corrected chi connectivity index (χ4v) is 4.17. The first kappa shape index (κ1) is 16.4. The largest absolute Gasteiger partial charge is 0.369 e. The number of hydrogen-bond donors (Lipinski definition) is 1. The van der Waals surface area contributed by atoms with Gasteiger partial charge in [0.25, 0.3) is 0 Å². The maximum absolute atomic E-state index is 4.53. The van der Waals surface area contributed by atoms with E-state index in [1.165, 1.54) is 23.2 Å². The first-order valence-corrected chi connectivity index (χ1v) is 9.07. The van der Waals surface area contributed by atoms with Crippen LogP contribution in [0, 0.1) is 5.92 Å². The van der Waals surface area contributed by atoms with Crippen molar-refractivity contribution in [3.8, 4) is 0 Å². The number of fused-ring (bicyclic) bond motifs is 1. The minimum atomic E-state index is 0.418. The van der Waals surface area contributed by atoms with Crippen molar-refractivity contribution >= 4 is 5.82 Å². The SMILES string of the molecule is CN1CCc2ncnc(NC[C@@H]3CCN(C)[C@H]3c3cccnc3)c2C1. The smallest absolute Gasteiger partial charge is 0.134 e. The van der Waals surface area contributed by atoms with Crippen LogP contribution in [0.1, 0.15) is 29.3 Å². The number of hydrogen-bond acceptors (Lipinski definition) is 6. The van der Waals surface area contributed by atoms with Crippen molar-refractivity contribution in [2.45, 2.75) is 25.4 Å². The van der Waals surface area contributed by atoms with Gasteiger partial charge in [0.2, 0.25) is 0 Å². The molecule has 4 heterocycles. The summed E-state index contributed by atoms with van der Waals surface area (Å²) < 4.78 is 0. The maximum Gasteiger partial charge on any atom is 0.134 e. The van der Waals surface area contributed by atoms with E-state index in [0.29, 0.717) is 12.0 Å². The highest BCUT2D eigenvalue weighted by molar-refractivity contribution is 5.47. The van der Waals surface area contributed by atoms with Gasteiger partial charge in [-0.1, -0.05) is 6.07 Å². The summed E-state index contributed by atoms with van der Waals surface area (Å²) in [4.78, 5) is 18.1. The molecular weight excluding hydrogens is 312 g/mol. The predicted octanol–water partition coefficient (Wildman–Crippen LogP) is 1.96. The minimum absolute atomic E-state index is 0.418. The number of anilines is 1. The average molecular weight is 338 g/mol. The molecule has 0 radical (unpaired) electrons. The van der Waals surface area contributed by atoms with Crippen LogP contribution in [0.3, 0.4) is 0 Å². The van der Waals surface area contributed by atoms with Gasteiger partial charge in [0.15, 0.2) is 0 Å². The zero-order valence-electron chi connectivity index (χ0n) is 15.0. The number of aromatic nitrogens is 3. The van der Waals surface area contributed by atoms with Gasteiger partial charge in [-0.15, -0.1) is 0 Å². The lowest BCUT2D eigenvalue weighted by atomic mass is 9.94. The Morgan fingerprint density at radius 1 is 1.24 bits per heavy atom. The Balaban J connectivity index is 1.50. The molecule has 0 bridgehead atoms. The Hall–Kier alpha value is -2.05. The lowest BCUT2D eigenvalue weighted by Crippen LogP contribution is -2.29. The summed E-state index contributed by atoms with van der Waals surface area (Å²) in [5, 5.41) is 3.63.